The molecule has 0 rings (SSSR count). The highest BCUT2D eigenvalue weighted by molar-refractivity contribution is 5.97. The summed E-state index contributed by atoms with van der Waals surface area (Å²) in [6.45, 7) is 13.3. The van der Waals surface area contributed by atoms with Crippen molar-refractivity contribution in [2.75, 3.05) is 0 Å². The molecule has 0 aliphatic carbocycles. The number of carbonyl (C=O) groups is 8. The molecule has 0 saturated heterocycles. The van der Waals surface area contributed by atoms with Crippen LogP contribution in [-0.4, -0.2) is 96.0 Å². The van der Waals surface area contributed by atoms with Crippen molar-refractivity contribution in [3.63, 3.8) is 0 Å². The topological polar surface area (TPSA) is 247 Å². The van der Waals surface area contributed by atoms with Gasteiger partial charge >= 0.3 is 0 Å². The average Bonchev–Trinajstić information content (AvgIpc) is 3.06. The van der Waals surface area contributed by atoms with Crippen molar-refractivity contribution in [3.8, 4) is 0 Å². The van der Waals surface area contributed by atoms with Crippen LogP contribution in [0.5, 0.6) is 0 Å². The van der Waals surface area contributed by atoms with Gasteiger partial charge in [0.25, 0.3) is 0 Å². The fraction of sp³-hybridized carbons (Fsp3) is 0.742. The largest absolute Gasteiger partial charge is 0.345 e. The lowest BCUT2D eigenvalue weighted by Crippen LogP contribution is -2.59. The van der Waals surface area contributed by atoms with Crippen LogP contribution in [0, 0.1) is 0 Å². The van der Waals surface area contributed by atoms with Crippen LogP contribution in [0.15, 0.2) is 0 Å². The molecule has 0 aliphatic rings. The normalized spacial score (nSPS) is 15.9. The van der Waals surface area contributed by atoms with Crippen LogP contribution in [0.25, 0.3) is 0 Å². The molecule has 0 saturated carbocycles. The molecule has 0 unspecified atom stereocenters. The Labute approximate surface area is 277 Å². The monoisotopic (exact) mass is 668 g/mol. The molecule has 0 heterocycles. The Morgan fingerprint density at radius 3 is 1.04 bits per heavy atom. The lowest BCUT2D eigenvalue weighted by atomic mass is 10.1. The Morgan fingerprint density at radius 2 is 0.745 bits per heavy atom. The highest BCUT2D eigenvalue weighted by Crippen LogP contribution is 2.03. The van der Waals surface area contributed by atoms with E-state index in [1.807, 2.05) is 0 Å². The summed E-state index contributed by atoms with van der Waals surface area (Å²) in [6.07, 6.45) is 2.47. The number of nitrogens with two attached hydrogens (primary N) is 1. The van der Waals surface area contributed by atoms with Gasteiger partial charge in [0, 0.05) is 0 Å². The molecule has 0 spiro atoms. The Hall–Kier alpha value is -4.08. The minimum Gasteiger partial charge on any atom is -0.345 e. The molecule has 16 nitrogen and oxygen atoms in total. The molecule has 9 N–H and O–H groups in total. The molecule has 8 atom stereocenters. The quantitative estimate of drug-likeness (QED) is 0.0645. The van der Waals surface area contributed by atoms with E-state index in [9.17, 15) is 38.4 Å². The van der Waals surface area contributed by atoms with Crippen molar-refractivity contribution < 1.29 is 38.4 Å². The maximum Gasteiger partial charge on any atom is 0.243 e. The van der Waals surface area contributed by atoms with Gasteiger partial charge in [-0.15, -0.1) is 0 Å². The Kier molecular flexibility index (Phi) is 20.5. The van der Waals surface area contributed by atoms with E-state index in [0.29, 0.717) is 19.1 Å². The summed E-state index contributed by atoms with van der Waals surface area (Å²) >= 11 is 0. The van der Waals surface area contributed by atoms with Crippen molar-refractivity contribution in [1.82, 2.24) is 37.2 Å². The minimum absolute atomic E-state index is 0.169. The first-order chi connectivity index (χ1) is 22.2. The third-order valence-electron chi connectivity index (χ3n) is 7.67. The van der Waals surface area contributed by atoms with Gasteiger partial charge in [-0.25, -0.2) is 0 Å². The second kappa shape index (κ2) is 22.4. The molecule has 0 aromatic heterocycles. The van der Waals surface area contributed by atoms with Crippen molar-refractivity contribution >= 4 is 47.6 Å². The highest BCUT2D eigenvalue weighted by atomic mass is 16.2. The Bertz CT molecular complexity index is 1090. The van der Waals surface area contributed by atoms with Gasteiger partial charge < -0.3 is 47.7 Å². The van der Waals surface area contributed by atoms with Crippen LogP contribution >= 0.6 is 0 Å². The standard InChI is InChI=1S/C31H56N8O8/c1-9-18(16-40)34-28(44)21(12-4)38-29(45)22(13-5)35-25(41)17(8)33-27(43)20(11-3)37-31(47)24(15-7)39-30(46)23(14-6)36-26(42)19(32)10-2/h16-24H,9-15,32H2,1-8H3,(H,33,43)(H,34,44)(H,35,41)(H,36,42)(H,37,47)(H,38,45)(H,39,46)/t17-,18-,19-,20-,21-,22-,23-,24-/m0/s1. The summed E-state index contributed by atoms with van der Waals surface area (Å²) in [5, 5.41) is 18.0. The SMILES string of the molecule is CC[C@@H](C=O)NC(=O)[C@H](CC)NC(=O)[C@H](CC)NC(=O)[C@H](C)NC(=O)[C@H](CC)NC(=O)[C@H](CC)NC(=O)[C@H](CC)NC(=O)[C@@H](N)CC. The van der Waals surface area contributed by atoms with Crippen LogP contribution in [0.4, 0.5) is 0 Å². The van der Waals surface area contributed by atoms with Gasteiger partial charge in [-0.1, -0.05) is 48.5 Å². The maximum absolute atomic E-state index is 13.0. The third-order valence-corrected chi connectivity index (χ3v) is 7.67. The van der Waals surface area contributed by atoms with Crippen LogP contribution in [-0.2, 0) is 38.4 Å². The van der Waals surface area contributed by atoms with Gasteiger partial charge in [-0.2, -0.15) is 0 Å². The summed E-state index contributed by atoms with van der Waals surface area (Å²) in [5.74, 6) is -4.12. The van der Waals surface area contributed by atoms with E-state index >= 15 is 0 Å². The minimum atomic E-state index is -1.09. The zero-order valence-corrected chi connectivity index (χ0v) is 29.0. The first kappa shape index (κ1) is 42.9. The predicted octanol–water partition coefficient (Wildman–Crippen LogP) is -1.20. The van der Waals surface area contributed by atoms with Gasteiger partial charge in [-0.05, 0) is 51.9 Å². The summed E-state index contributed by atoms with van der Waals surface area (Å²) in [6, 6.07) is -7.42. The van der Waals surface area contributed by atoms with Crippen molar-refractivity contribution in [2.24, 2.45) is 5.73 Å². The zero-order chi connectivity index (χ0) is 36.3. The molecule has 0 fully saturated rings. The van der Waals surface area contributed by atoms with Gasteiger partial charge in [-0.3, -0.25) is 33.6 Å². The van der Waals surface area contributed by atoms with Crippen molar-refractivity contribution in [3.05, 3.63) is 0 Å². The number of hydrogen-bond donors (Lipinski definition) is 8. The summed E-state index contributed by atoms with van der Waals surface area (Å²) in [4.78, 5) is 100. The smallest absolute Gasteiger partial charge is 0.243 e. The van der Waals surface area contributed by atoms with E-state index in [2.05, 4.69) is 37.2 Å². The number of nitrogens with one attached hydrogen (secondary N) is 7. The molecule has 0 aromatic carbocycles. The second-order valence-electron chi connectivity index (χ2n) is 11.3. The molecule has 0 radical (unpaired) electrons. The first-order valence-electron chi connectivity index (χ1n) is 16.5. The second-order valence-corrected chi connectivity index (χ2v) is 11.3. The molecule has 0 aliphatic heterocycles. The lowest BCUT2D eigenvalue weighted by Gasteiger charge is -2.26. The van der Waals surface area contributed by atoms with E-state index in [1.165, 1.54) is 6.92 Å². The molecular formula is C31H56N8O8. The zero-order valence-electron chi connectivity index (χ0n) is 29.0. The number of aldehydes is 1. The molecule has 47 heavy (non-hydrogen) atoms. The fourth-order valence-electron chi connectivity index (χ4n) is 4.24. The van der Waals surface area contributed by atoms with E-state index < -0.39 is 89.7 Å². The van der Waals surface area contributed by atoms with Crippen LogP contribution in [0.3, 0.4) is 0 Å². The molecule has 7 amide bonds. The average molecular weight is 669 g/mol. The molecule has 0 bridgehead atoms. The molecule has 268 valence electrons. The maximum atomic E-state index is 13.0. The fourth-order valence-corrected chi connectivity index (χ4v) is 4.24. The lowest BCUT2D eigenvalue weighted by molar-refractivity contribution is -0.135. The van der Waals surface area contributed by atoms with Gasteiger partial charge in [0.15, 0.2) is 0 Å². The summed E-state index contributed by atoms with van der Waals surface area (Å²) in [5.41, 5.74) is 5.73. The van der Waals surface area contributed by atoms with Gasteiger partial charge in [0.1, 0.15) is 42.5 Å². The summed E-state index contributed by atoms with van der Waals surface area (Å²) < 4.78 is 0. The predicted molar refractivity (Wildman–Crippen MR) is 175 cm³/mol. The molecule has 16 heteroatoms. The summed E-state index contributed by atoms with van der Waals surface area (Å²) in [7, 11) is 0. The number of hydrogen-bond acceptors (Lipinski definition) is 9. The third kappa shape index (κ3) is 14.5. The van der Waals surface area contributed by atoms with E-state index in [1.54, 1.807) is 48.5 Å². The highest BCUT2D eigenvalue weighted by Gasteiger charge is 2.31. The molecular weight excluding hydrogens is 612 g/mol. The van der Waals surface area contributed by atoms with E-state index in [4.69, 9.17) is 5.73 Å². The molecule has 0 aromatic rings. The van der Waals surface area contributed by atoms with Gasteiger partial charge in [0.2, 0.25) is 41.4 Å². The first-order valence-corrected chi connectivity index (χ1v) is 16.5. The van der Waals surface area contributed by atoms with Crippen LogP contribution < -0.4 is 43.0 Å². The number of amides is 7. The Morgan fingerprint density at radius 1 is 0.447 bits per heavy atom. The van der Waals surface area contributed by atoms with E-state index in [0.717, 1.165) is 0 Å². The van der Waals surface area contributed by atoms with E-state index in [-0.39, 0.29) is 32.1 Å². The van der Waals surface area contributed by atoms with Gasteiger partial charge in [0.05, 0.1) is 12.1 Å². The van der Waals surface area contributed by atoms with Crippen LogP contribution in [0.2, 0.25) is 0 Å². The number of rotatable bonds is 22. The van der Waals surface area contributed by atoms with Crippen LogP contribution in [0.1, 0.15) is 100 Å². The Balaban J connectivity index is 5.28. The van der Waals surface area contributed by atoms with Crippen molar-refractivity contribution in [1.29, 1.82) is 0 Å². The van der Waals surface area contributed by atoms with Crippen molar-refractivity contribution in [2.45, 2.75) is 149 Å². The number of carbonyl (C=O) groups excluding carboxylic acids is 8.